The van der Waals surface area contributed by atoms with E-state index < -0.39 is 0 Å². The summed E-state index contributed by atoms with van der Waals surface area (Å²) in [5.74, 6) is 2.39. The van der Waals surface area contributed by atoms with E-state index in [1.54, 1.807) is 16.8 Å². The maximum atomic E-state index is 13.9. The highest BCUT2D eigenvalue weighted by Crippen LogP contribution is 2.42. The summed E-state index contributed by atoms with van der Waals surface area (Å²) in [6.45, 7) is 5.46. The van der Waals surface area contributed by atoms with Crippen molar-refractivity contribution in [3.63, 3.8) is 0 Å². The van der Waals surface area contributed by atoms with Crippen molar-refractivity contribution >= 4 is 0 Å². The van der Waals surface area contributed by atoms with Crippen molar-refractivity contribution < 1.29 is 9.13 Å². The van der Waals surface area contributed by atoms with Crippen LogP contribution < -0.4 is 4.74 Å². The Kier molecular flexibility index (Phi) is 5.44. The minimum atomic E-state index is -0.100. The van der Waals surface area contributed by atoms with Crippen LogP contribution in [0.2, 0.25) is 0 Å². The molecule has 3 heterocycles. The van der Waals surface area contributed by atoms with Gasteiger partial charge in [0.2, 0.25) is 5.88 Å². The molecular formula is C24H28FN5O. The molecule has 1 saturated carbocycles. The van der Waals surface area contributed by atoms with Crippen LogP contribution in [0.25, 0.3) is 11.3 Å². The fourth-order valence-electron chi connectivity index (χ4n) is 5.25. The number of halogens is 1. The molecule has 7 heteroatoms. The van der Waals surface area contributed by atoms with Gasteiger partial charge < -0.3 is 4.74 Å². The van der Waals surface area contributed by atoms with E-state index in [2.05, 4.69) is 20.2 Å². The second-order valence-corrected chi connectivity index (χ2v) is 9.01. The molecule has 1 aliphatic heterocycles. The molecule has 1 aliphatic carbocycles. The molecule has 2 unspecified atom stereocenters. The first-order valence-electron chi connectivity index (χ1n) is 11.0. The van der Waals surface area contributed by atoms with Crippen LogP contribution in [0.15, 0.2) is 42.6 Å². The zero-order chi connectivity index (χ0) is 21.4. The lowest BCUT2D eigenvalue weighted by atomic mass is 10.0. The summed E-state index contributed by atoms with van der Waals surface area (Å²) in [5, 5.41) is 12.9. The van der Waals surface area contributed by atoms with E-state index in [-0.39, 0.29) is 5.82 Å². The number of aryl methyl sites for hydroxylation is 2. The number of likely N-dealkylation sites (tertiary alicyclic amines) is 1. The predicted molar refractivity (Wildman–Crippen MR) is 116 cm³/mol. The van der Waals surface area contributed by atoms with Crippen LogP contribution in [0, 0.1) is 30.5 Å². The van der Waals surface area contributed by atoms with Gasteiger partial charge in [0.25, 0.3) is 0 Å². The summed E-state index contributed by atoms with van der Waals surface area (Å²) < 4.78 is 21.7. The van der Waals surface area contributed by atoms with Crippen molar-refractivity contribution in [2.75, 3.05) is 19.7 Å². The fourth-order valence-corrected chi connectivity index (χ4v) is 5.25. The molecular weight excluding hydrogens is 393 g/mol. The van der Waals surface area contributed by atoms with E-state index in [0.29, 0.717) is 36.8 Å². The topological polar surface area (TPSA) is 56.1 Å². The van der Waals surface area contributed by atoms with Crippen LogP contribution in [0.4, 0.5) is 4.39 Å². The standard InChI is InChI=1S/C24H28FN5O/c1-16-21(14-29(2)28-16)23-7-8-24(27-26-23)31-15-17-9-19-12-30(13-20(19)10-17)11-18-5-3-4-6-22(18)25/h3-8,14,17,19-20H,9-13,15H2,1-2H3. The highest BCUT2D eigenvalue weighted by molar-refractivity contribution is 5.60. The van der Waals surface area contributed by atoms with E-state index in [0.717, 1.165) is 35.6 Å². The molecule has 2 atom stereocenters. The summed E-state index contributed by atoms with van der Waals surface area (Å²) in [6.07, 6.45) is 4.28. The van der Waals surface area contributed by atoms with Gasteiger partial charge in [-0.2, -0.15) is 5.10 Å². The molecule has 0 bridgehead atoms. The highest BCUT2D eigenvalue weighted by Gasteiger charge is 2.41. The third-order valence-electron chi connectivity index (χ3n) is 6.67. The molecule has 0 radical (unpaired) electrons. The van der Waals surface area contributed by atoms with Gasteiger partial charge in [0.15, 0.2) is 0 Å². The van der Waals surface area contributed by atoms with Crippen molar-refractivity contribution in [2.24, 2.45) is 24.8 Å². The highest BCUT2D eigenvalue weighted by atomic mass is 19.1. The van der Waals surface area contributed by atoms with Crippen molar-refractivity contribution in [1.29, 1.82) is 0 Å². The lowest BCUT2D eigenvalue weighted by Gasteiger charge is -2.19. The predicted octanol–water partition coefficient (Wildman–Crippen LogP) is 3.86. The average molecular weight is 422 g/mol. The molecule has 2 aliphatic rings. The van der Waals surface area contributed by atoms with E-state index in [9.17, 15) is 4.39 Å². The largest absolute Gasteiger partial charge is 0.476 e. The van der Waals surface area contributed by atoms with Gasteiger partial charge in [0, 0.05) is 50.1 Å². The third-order valence-corrected chi connectivity index (χ3v) is 6.67. The van der Waals surface area contributed by atoms with Gasteiger partial charge >= 0.3 is 0 Å². The van der Waals surface area contributed by atoms with E-state index in [1.165, 1.54) is 12.8 Å². The van der Waals surface area contributed by atoms with Gasteiger partial charge in [0.1, 0.15) is 5.82 Å². The Morgan fingerprint density at radius 1 is 1.06 bits per heavy atom. The monoisotopic (exact) mass is 421 g/mol. The molecule has 5 rings (SSSR count). The number of benzene rings is 1. The molecule has 31 heavy (non-hydrogen) atoms. The van der Waals surface area contributed by atoms with Gasteiger partial charge in [0.05, 0.1) is 18.0 Å². The molecule has 3 aromatic rings. The average Bonchev–Trinajstić information content (AvgIpc) is 3.41. The first-order chi connectivity index (χ1) is 15.0. The Labute approximate surface area is 182 Å². The minimum absolute atomic E-state index is 0.100. The Hall–Kier alpha value is -2.80. The Morgan fingerprint density at radius 3 is 2.48 bits per heavy atom. The summed E-state index contributed by atoms with van der Waals surface area (Å²) in [5.41, 5.74) is 3.53. The summed E-state index contributed by atoms with van der Waals surface area (Å²) >= 11 is 0. The fraction of sp³-hybridized carbons (Fsp3) is 0.458. The number of rotatable bonds is 6. The van der Waals surface area contributed by atoms with Gasteiger partial charge in [-0.3, -0.25) is 9.58 Å². The minimum Gasteiger partial charge on any atom is -0.476 e. The van der Waals surface area contributed by atoms with Crippen LogP contribution in [0.1, 0.15) is 24.1 Å². The number of fused-ring (bicyclic) bond motifs is 1. The van der Waals surface area contributed by atoms with E-state index in [1.807, 2.05) is 44.4 Å². The van der Waals surface area contributed by atoms with Crippen molar-refractivity contribution in [2.45, 2.75) is 26.3 Å². The van der Waals surface area contributed by atoms with Gasteiger partial charge in [-0.25, -0.2) is 4.39 Å². The number of aromatic nitrogens is 4. The van der Waals surface area contributed by atoms with Gasteiger partial charge in [-0.05, 0) is 49.7 Å². The van der Waals surface area contributed by atoms with Crippen LogP contribution in [-0.4, -0.2) is 44.6 Å². The number of hydrogen-bond donors (Lipinski definition) is 0. The molecule has 0 N–H and O–H groups in total. The maximum Gasteiger partial charge on any atom is 0.233 e. The molecule has 1 saturated heterocycles. The summed E-state index contributed by atoms with van der Waals surface area (Å²) in [7, 11) is 1.90. The molecule has 2 fully saturated rings. The van der Waals surface area contributed by atoms with Crippen LogP contribution in [0.5, 0.6) is 5.88 Å². The maximum absolute atomic E-state index is 13.9. The third kappa shape index (κ3) is 4.32. The van der Waals surface area contributed by atoms with E-state index in [4.69, 9.17) is 4.74 Å². The smallest absolute Gasteiger partial charge is 0.233 e. The Balaban J connectivity index is 1.11. The van der Waals surface area contributed by atoms with Crippen molar-refractivity contribution in [1.82, 2.24) is 24.9 Å². The van der Waals surface area contributed by atoms with Crippen LogP contribution in [0.3, 0.4) is 0 Å². The molecule has 1 aromatic carbocycles. The van der Waals surface area contributed by atoms with E-state index >= 15 is 0 Å². The SMILES string of the molecule is Cc1nn(C)cc1-c1ccc(OCC2CC3CN(Cc4ccccc4F)CC3C2)nn1. The molecule has 0 amide bonds. The Morgan fingerprint density at radius 2 is 1.84 bits per heavy atom. The molecule has 2 aromatic heterocycles. The quantitative estimate of drug-likeness (QED) is 0.605. The number of ether oxygens (including phenoxy) is 1. The second kappa shape index (κ2) is 8.38. The zero-order valence-electron chi connectivity index (χ0n) is 18.0. The summed E-state index contributed by atoms with van der Waals surface area (Å²) in [6, 6.07) is 10.9. The summed E-state index contributed by atoms with van der Waals surface area (Å²) in [4.78, 5) is 2.40. The Bertz CT molecular complexity index is 1040. The first kappa shape index (κ1) is 20.1. The van der Waals surface area contributed by atoms with Crippen LogP contribution in [-0.2, 0) is 13.6 Å². The second-order valence-electron chi connectivity index (χ2n) is 9.01. The number of hydrogen-bond acceptors (Lipinski definition) is 5. The first-order valence-corrected chi connectivity index (χ1v) is 11.0. The van der Waals surface area contributed by atoms with Crippen LogP contribution >= 0.6 is 0 Å². The van der Waals surface area contributed by atoms with Crippen molar-refractivity contribution in [3.05, 3.63) is 59.7 Å². The van der Waals surface area contributed by atoms with Gasteiger partial charge in [-0.15, -0.1) is 10.2 Å². The van der Waals surface area contributed by atoms with Crippen molar-refractivity contribution in [3.8, 4) is 17.1 Å². The molecule has 6 nitrogen and oxygen atoms in total. The lowest BCUT2D eigenvalue weighted by molar-refractivity contribution is 0.219. The van der Waals surface area contributed by atoms with Gasteiger partial charge in [-0.1, -0.05) is 18.2 Å². The molecule has 0 spiro atoms. The normalized spacial score (nSPS) is 23.3. The number of nitrogens with zero attached hydrogens (tertiary/aromatic N) is 5. The zero-order valence-corrected chi connectivity index (χ0v) is 18.0. The lowest BCUT2D eigenvalue weighted by Crippen LogP contribution is -2.23. The molecule has 162 valence electrons.